The average Bonchev–Trinajstić information content (AvgIpc) is 3.11. The highest BCUT2D eigenvalue weighted by Gasteiger charge is 2.24. The van der Waals surface area contributed by atoms with Gasteiger partial charge in [0.2, 0.25) is 5.78 Å². The van der Waals surface area contributed by atoms with Crippen LogP contribution in [0.3, 0.4) is 0 Å². The van der Waals surface area contributed by atoms with Crippen LogP contribution in [0.1, 0.15) is 26.5 Å². The molecule has 1 amide bonds. The Bertz CT molecular complexity index is 1280. The number of methoxy groups -OCH3 is 1. The van der Waals surface area contributed by atoms with Crippen molar-refractivity contribution < 1.29 is 18.7 Å². The third-order valence-electron chi connectivity index (χ3n) is 4.57. The van der Waals surface area contributed by atoms with Gasteiger partial charge in [-0.3, -0.25) is 9.59 Å². The first-order valence-electron chi connectivity index (χ1n) is 8.95. The minimum Gasteiger partial charge on any atom is -0.495 e. The number of carbonyl (C=O) groups excluding carboxylic acids is 2. The third kappa shape index (κ3) is 3.65. The number of hydrogen-bond acceptors (Lipinski definition) is 4. The van der Waals surface area contributed by atoms with Crippen molar-refractivity contribution in [3.63, 3.8) is 0 Å². The summed E-state index contributed by atoms with van der Waals surface area (Å²) in [5, 5.41) is 3.98. The predicted octanol–water partition coefficient (Wildman–Crippen LogP) is 6.23. The Morgan fingerprint density at radius 2 is 1.67 bits per heavy atom. The minimum atomic E-state index is -0.450. The number of amides is 1. The molecule has 1 N–H and O–H groups in total. The molecule has 3 aromatic carbocycles. The van der Waals surface area contributed by atoms with E-state index in [-0.39, 0.29) is 17.0 Å². The summed E-state index contributed by atoms with van der Waals surface area (Å²) in [7, 11) is 1.49. The maximum atomic E-state index is 13.2. The van der Waals surface area contributed by atoms with Crippen molar-refractivity contribution in [1.82, 2.24) is 0 Å². The van der Waals surface area contributed by atoms with Crippen LogP contribution in [0.5, 0.6) is 5.75 Å². The minimum absolute atomic E-state index is 0.00200. The molecular weight excluding hydrogens is 425 g/mol. The summed E-state index contributed by atoms with van der Waals surface area (Å²) in [6.07, 6.45) is 0. The van der Waals surface area contributed by atoms with Gasteiger partial charge in [0.1, 0.15) is 11.3 Å². The highest BCUT2D eigenvalue weighted by molar-refractivity contribution is 6.35. The van der Waals surface area contributed by atoms with E-state index in [2.05, 4.69) is 5.32 Å². The van der Waals surface area contributed by atoms with Gasteiger partial charge in [-0.05, 0) is 42.5 Å². The third-order valence-corrected chi connectivity index (χ3v) is 5.20. The van der Waals surface area contributed by atoms with Gasteiger partial charge in [-0.15, -0.1) is 0 Å². The van der Waals surface area contributed by atoms with E-state index in [1.807, 2.05) is 0 Å². The fourth-order valence-corrected chi connectivity index (χ4v) is 3.57. The first-order valence-corrected chi connectivity index (χ1v) is 9.71. The van der Waals surface area contributed by atoms with Gasteiger partial charge in [0.05, 0.1) is 28.4 Å². The van der Waals surface area contributed by atoms with Crippen LogP contribution in [0.25, 0.3) is 11.0 Å². The summed E-state index contributed by atoms with van der Waals surface area (Å²) < 4.78 is 10.9. The van der Waals surface area contributed by atoms with Crippen LogP contribution in [-0.4, -0.2) is 18.8 Å². The number of ketones is 1. The lowest BCUT2D eigenvalue weighted by atomic mass is 10.1. The molecule has 4 aromatic rings. The second kappa shape index (κ2) is 8.22. The number of rotatable bonds is 5. The smallest absolute Gasteiger partial charge is 0.257 e. The maximum absolute atomic E-state index is 13.2. The Labute approximate surface area is 182 Å². The number of para-hydroxylation sites is 1. The first kappa shape index (κ1) is 20.0. The zero-order valence-corrected chi connectivity index (χ0v) is 17.3. The fraction of sp³-hybridized carbons (Fsp3) is 0.0435. The van der Waals surface area contributed by atoms with E-state index in [1.165, 1.54) is 13.2 Å². The largest absolute Gasteiger partial charge is 0.495 e. The fourth-order valence-electron chi connectivity index (χ4n) is 3.09. The number of hydrogen-bond donors (Lipinski definition) is 1. The Hall–Kier alpha value is -3.28. The molecular formula is C23H15Cl2NO4. The molecule has 30 heavy (non-hydrogen) atoms. The number of nitrogens with one attached hydrogen (secondary N) is 1. The van der Waals surface area contributed by atoms with Gasteiger partial charge in [0.15, 0.2) is 5.76 Å². The van der Waals surface area contributed by atoms with E-state index in [0.717, 1.165) is 0 Å². The van der Waals surface area contributed by atoms with Crippen molar-refractivity contribution in [3.8, 4) is 5.75 Å². The van der Waals surface area contributed by atoms with Gasteiger partial charge in [-0.1, -0.05) is 47.5 Å². The van der Waals surface area contributed by atoms with Crippen molar-refractivity contribution in [2.45, 2.75) is 0 Å². The summed E-state index contributed by atoms with van der Waals surface area (Å²) >= 11 is 12.3. The number of furan rings is 1. The van der Waals surface area contributed by atoms with Crippen molar-refractivity contribution in [3.05, 3.63) is 93.7 Å². The van der Waals surface area contributed by atoms with E-state index in [1.54, 1.807) is 60.7 Å². The van der Waals surface area contributed by atoms with Crippen LogP contribution in [0.4, 0.5) is 5.69 Å². The summed E-state index contributed by atoms with van der Waals surface area (Å²) in [5.74, 6) is -0.429. The molecule has 0 aliphatic heterocycles. The molecule has 0 saturated carbocycles. The van der Waals surface area contributed by atoms with Crippen molar-refractivity contribution in [1.29, 1.82) is 0 Å². The molecule has 0 aliphatic carbocycles. The molecule has 0 saturated heterocycles. The van der Waals surface area contributed by atoms with Crippen LogP contribution >= 0.6 is 23.2 Å². The zero-order chi connectivity index (χ0) is 21.3. The lowest BCUT2D eigenvalue weighted by Crippen LogP contribution is -2.14. The molecule has 0 radical (unpaired) electrons. The monoisotopic (exact) mass is 439 g/mol. The molecule has 0 spiro atoms. The molecule has 0 aliphatic rings. The number of fused-ring (bicyclic) bond motifs is 1. The van der Waals surface area contributed by atoms with E-state index in [9.17, 15) is 9.59 Å². The lowest BCUT2D eigenvalue weighted by Gasteiger charge is -2.08. The number of ether oxygens (including phenoxy) is 1. The van der Waals surface area contributed by atoms with E-state index >= 15 is 0 Å². The highest BCUT2D eigenvalue weighted by atomic mass is 35.5. The van der Waals surface area contributed by atoms with E-state index in [4.69, 9.17) is 32.4 Å². The quantitative estimate of drug-likeness (QED) is 0.374. The maximum Gasteiger partial charge on any atom is 0.257 e. The van der Waals surface area contributed by atoms with E-state index in [0.29, 0.717) is 32.3 Å². The molecule has 4 rings (SSSR count). The summed E-state index contributed by atoms with van der Waals surface area (Å²) in [6, 6.07) is 18.4. The SMILES string of the molecule is COc1ccc(C(=O)c2oc3ccccc3c2NC(=O)c2ccccc2Cl)cc1Cl. The number of carbonyl (C=O) groups is 2. The molecule has 0 fully saturated rings. The summed E-state index contributed by atoms with van der Waals surface area (Å²) in [4.78, 5) is 26.0. The molecule has 0 unspecified atom stereocenters. The average molecular weight is 440 g/mol. The van der Waals surface area contributed by atoms with Gasteiger partial charge in [-0.25, -0.2) is 0 Å². The standard InChI is InChI=1S/C23H15Cl2NO4/c1-29-19-11-10-13(12-17(19)25)21(27)22-20(15-7-3-5-9-18(15)30-22)26-23(28)14-6-2-4-8-16(14)24/h2-12H,1H3,(H,26,28). The Morgan fingerprint density at radius 3 is 2.40 bits per heavy atom. The summed E-state index contributed by atoms with van der Waals surface area (Å²) in [5.41, 5.74) is 1.32. The van der Waals surface area contributed by atoms with Gasteiger partial charge in [0, 0.05) is 10.9 Å². The van der Waals surface area contributed by atoms with Crippen molar-refractivity contribution >= 4 is 51.5 Å². The Morgan fingerprint density at radius 1 is 0.933 bits per heavy atom. The van der Waals surface area contributed by atoms with Crippen LogP contribution < -0.4 is 10.1 Å². The van der Waals surface area contributed by atoms with Crippen LogP contribution in [0.15, 0.2) is 71.1 Å². The Kier molecular flexibility index (Phi) is 5.48. The topological polar surface area (TPSA) is 68.5 Å². The first-order chi connectivity index (χ1) is 14.5. The molecule has 5 nitrogen and oxygen atoms in total. The van der Waals surface area contributed by atoms with Gasteiger partial charge < -0.3 is 14.5 Å². The molecule has 150 valence electrons. The van der Waals surface area contributed by atoms with Gasteiger partial charge in [0.25, 0.3) is 5.91 Å². The number of halogens is 2. The van der Waals surface area contributed by atoms with Crippen LogP contribution in [-0.2, 0) is 0 Å². The van der Waals surface area contributed by atoms with Gasteiger partial charge >= 0.3 is 0 Å². The highest BCUT2D eigenvalue weighted by Crippen LogP contribution is 2.34. The summed E-state index contributed by atoms with van der Waals surface area (Å²) in [6.45, 7) is 0. The predicted molar refractivity (Wildman–Crippen MR) is 117 cm³/mol. The number of benzene rings is 3. The number of anilines is 1. The lowest BCUT2D eigenvalue weighted by molar-refractivity contribution is 0.101. The van der Waals surface area contributed by atoms with Gasteiger partial charge in [-0.2, -0.15) is 0 Å². The Balaban J connectivity index is 1.79. The van der Waals surface area contributed by atoms with Crippen molar-refractivity contribution in [2.24, 2.45) is 0 Å². The normalized spacial score (nSPS) is 10.8. The van der Waals surface area contributed by atoms with E-state index < -0.39 is 11.7 Å². The second-order valence-electron chi connectivity index (χ2n) is 6.41. The molecule has 0 atom stereocenters. The molecule has 1 aromatic heterocycles. The van der Waals surface area contributed by atoms with Crippen LogP contribution in [0.2, 0.25) is 10.0 Å². The zero-order valence-electron chi connectivity index (χ0n) is 15.7. The molecule has 1 heterocycles. The molecule has 7 heteroatoms. The van der Waals surface area contributed by atoms with Crippen LogP contribution in [0, 0.1) is 0 Å². The molecule has 0 bridgehead atoms. The second-order valence-corrected chi connectivity index (χ2v) is 7.23. The van der Waals surface area contributed by atoms with Crippen molar-refractivity contribution in [2.75, 3.05) is 12.4 Å².